The Morgan fingerprint density at radius 2 is 1.65 bits per heavy atom. The van der Waals surface area contributed by atoms with Gasteiger partial charge >= 0.3 is 0 Å². The van der Waals surface area contributed by atoms with Crippen LogP contribution < -0.4 is 0 Å². The molecule has 0 N–H and O–H groups in total. The third kappa shape index (κ3) is 3.29. The molecule has 0 spiro atoms. The lowest BCUT2D eigenvalue weighted by atomic mass is 10.0. The topological polar surface area (TPSA) is 3.24 Å². The summed E-state index contributed by atoms with van der Waals surface area (Å²) >= 11 is 0. The summed E-state index contributed by atoms with van der Waals surface area (Å²) < 4.78 is 0. The van der Waals surface area contributed by atoms with Crippen molar-refractivity contribution in [3.63, 3.8) is 0 Å². The van der Waals surface area contributed by atoms with Crippen LogP contribution in [0, 0.1) is 6.92 Å². The zero-order valence-electron chi connectivity index (χ0n) is 12.3. The quantitative estimate of drug-likeness (QED) is 0.796. The molecule has 0 radical (unpaired) electrons. The maximum atomic E-state index is 2.58. The third-order valence-electron chi connectivity index (χ3n) is 4.23. The normalized spacial score (nSPS) is 15.7. The van der Waals surface area contributed by atoms with Gasteiger partial charge in [0.15, 0.2) is 0 Å². The predicted octanol–water partition coefficient (Wildman–Crippen LogP) is 4.30. The molecule has 0 saturated carbocycles. The second kappa shape index (κ2) is 6.23. The Labute approximate surface area is 122 Å². The first-order chi connectivity index (χ1) is 9.81. The van der Waals surface area contributed by atoms with Gasteiger partial charge in [0.1, 0.15) is 0 Å². The molecule has 1 heteroatoms. The van der Waals surface area contributed by atoms with Gasteiger partial charge in [-0.3, -0.25) is 0 Å². The van der Waals surface area contributed by atoms with Crippen LogP contribution >= 0.6 is 0 Å². The largest absolute Gasteiger partial charge is 0.303 e. The zero-order valence-corrected chi connectivity index (χ0v) is 12.3. The highest BCUT2D eigenvalue weighted by Crippen LogP contribution is 2.21. The van der Waals surface area contributed by atoms with E-state index in [9.17, 15) is 0 Å². The summed E-state index contributed by atoms with van der Waals surface area (Å²) in [5, 5.41) is 0. The summed E-state index contributed by atoms with van der Waals surface area (Å²) in [5.74, 6) is 0. The van der Waals surface area contributed by atoms with Crippen LogP contribution in [0.3, 0.4) is 0 Å². The molecular weight excluding hydrogens is 242 g/mol. The summed E-state index contributed by atoms with van der Waals surface area (Å²) in [6, 6.07) is 17.8. The van der Waals surface area contributed by atoms with Gasteiger partial charge in [0, 0.05) is 6.54 Å². The van der Waals surface area contributed by atoms with Crippen molar-refractivity contribution in [3.05, 3.63) is 59.7 Å². The van der Waals surface area contributed by atoms with Crippen molar-refractivity contribution in [2.24, 2.45) is 0 Å². The lowest BCUT2D eigenvalue weighted by molar-refractivity contribution is 0.343. The average Bonchev–Trinajstić information content (AvgIpc) is 3.00. The van der Waals surface area contributed by atoms with E-state index in [0.717, 1.165) is 0 Å². The van der Waals surface area contributed by atoms with Crippen molar-refractivity contribution in [1.82, 2.24) is 4.90 Å². The molecule has 0 bridgehead atoms. The van der Waals surface area contributed by atoms with Crippen LogP contribution in [0.4, 0.5) is 0 Å². The molecule has 1 nitrogen and oxygen atoms in total. The maximum absolute atomic E-state index is 2.58. The first-order valence-electron chi connectivity index (χ1n) is 7.69. The third-order valence-corrected chi connectivity index (χ3v) is 4.23. The molecule has 0 amide bonds. The van der Waals surface area contributed by atoms with Crippen LogP contribution in [0.15, 0.2) is 48.5 Å². The first-order valence-corrected chi connectivity index (χ1v) is 7.69. The molecule has 1 heterocycles. The van der Waals surface area contributed by atoms with Crippen LogP contribution in [0.2, 0.25) is 0 Å². The van der Waals surface area contributed by atoms with Crippen molar-refractivity contribution in [2.45, 2.75) is 26.2 Å². The van der Waals surface area contributed by atoms with Gasteiger partial charge in [0.25, 0.3) is 0 Å². The van der Waals surface area contributed by atoms with E-state index in [-0.39, 0.29) is 0 Å². The number of likely N-dealkylation sites (tertiary alicyclic amines) is 1. The Kier molecular flexibility index (Phi) is 4.17. The molecule has 1 fully saturated rings. The molecule has 2 aromatic carbocycles. The van der Waals surface area contributed by atoms with Crippen LogP contribution in [0.1, 0.15) is 24.0 Å². The standard InChI is InChI=1S/C19H23N/c1-16-7-9-18(10-8-16)19-6-4-5-17(15-19)11-14-20-12-2-3-13-20/h4-10,15H,2-3,11-14H2,1H3. The molecule has 1 aliphatic rings. The van der Waals surface area contributed by atoms with Crippen LogP contribution in [0.25, 0.3) is 11.1 Å². The van der Waals surface area contributed by atoms with Gasteiger partial charge in [-0.05, 0) is 56.0 Å². The minimum Gasteiger partial charge on any atom is -0.303 e. The van der Waals surface area contributed by atoms with Crippen molar-refractivity contribution in [1.29, 1.82) is 0 Å². The summed E-state index contributed by atoms with van der Waals surface area (Å²) in [7, 11) is 0. The second-order valence-electron chi connectivity index (χ2n) is 5.87. The molecule has 0 aromatic heterocycles. The van der Waals surface area contributed by atoms with E-state index in [4.69, 9.17) is 0 Å². The molecule has 3 rings (SSSR count). The van der Waals surface area contributed by atoms with E-state index in [1.165, 1.54) is 61.2 Å². The van der Waals surface area contributed by atoms with Crippen molar-refractivity contribution < 1.29 is 0 Å². The Bertz CT molecular complexity index is 550. The molecule has 0 aliphatic carbocycles. The zero-order chi connectivity index (χ0) is 13.8. The lowest BCUT2D eigenvalue weighted by Gasteiger charge is -2.14. The first kappa shape index (κ1) is 13.4. The lowest BCUT2D eigenvalue weighted by Crippen LogP contribution is -2.21. The van der Waals surface area contributed by atoms with Crippen LogP contribution in [-0.4, -0.2) is 24.5 Å². The average molecular weight is 265 g/mol. The van der Waals surface area contributed by atoms with E-state index >= 15 is 0 Å². The predicted molar refractivity (Wildman–Crippen MR) is 86.0 cm³/mol. The Balaban J connectivity index is 1.70. The maximum Gasteiger partial charge on any atom is 0.00218 e. The van der Waals surface area contributed by atoms with Crippen LogP contribution in [-0.2, 0) is 6.42 Å². The molecule has 1 saturated heterocycles. The summed E-state index contributed by atoms with van der Waals surface area (Å²) in [6.07, 6.45) is 3.92. The molecule has 20 heavy (non-hydrogen) atoms. The van der Waals surface area contributed by atoms with Crippen molar-refractivity contribution in [2.75, 3.05) is 19.6 Å². The molecule has 104 valence electrons. The summed E-state index contributed by atoms with van der Waals surface area (Å²) in [5.41, 5.74) is 5.43. The van der Waals surface area contributed by atoms with E-state index in [1.54, 1.807) is 0 Å². The van der Waals surface area contributed by atoms with E-state index in [2.05, 4.69) is 60.4 Å². The molecule has 0 unspecified atom stereocenters. The molecule has 1 aliphatic heterocycles. The number of nitrogens with zero attached hydrogens (tertiary/aromatic N) is 1. The van der Waals surface area contributed by atoms with E-state index < -0.39 is 0 Å². The molecule has 0 atom stereocenters. The Hall–Kier alpha value is -1.60. The highest BCUT2D eigenvalue weighted by atomic mass is 15.1. The summed E-state index contributed by atoms with van der Waals surface area (Å²) in [4.78, 5) is 2.58. The number of hydrogen-bond donors (Lipinski definition) is 0. The highest BCUT2D eigenvalue weighted by Gasteiger charge is 2.10. The Morgan fingerprint density at radius 3 is 2.40 bits per heavy atom. The van der Waals surface area contributed by atoms with E-state index in [1.807, 2.05) is 0 Å². The fourth-order valence-electron chi connectivity index (χ4n) is 2.95. The van der Waals surface area contributed by atoms with Gasteiger partial charge in [0.05, 0.1) is 0 Å². The molecular formula is C19H23N. The van der Waals surface area contributed by atoms with Crippen LogP contribution in [0.5, 0.6) is 0 Å². The number of hydrogen-bond acceptors (Lipinski definition) is 1. The van der Waals surface area contributed by atoms with E-state index in [0.29, 0.717) is 0 Å². The molecule has 2 aromatic rings. The van der Waals surface area contributed by atoms with Gasteiger partial charge in [-0.2, -0.15) is 0 Å². The SMILES string of the molecule is Cc1ccc(-c2cccc(CCN3CCCC3)c2)cc1. The smallest absolute Gasteiger partial charge is 0.00218 e. The van der Waals surface area contributed by atoms with Gasteiger partial charge < -0.3 is 4.90 Å². The van der Waals surface area contributed by atoms with Gasteiger partial charge in [-0.25, -0.2) is 0 Å². The van der Waals surface area contributed by atoms with Crippen molar-refractivity contribution in [3.8, 4) is 11.1 Å². The number of rotatable bonds is 4. The summed E-state index contributed by atoms with van der Waals surface area (Å²) in [6.45, 7) is 5.92. The fraction of sp³-hybridized carbons (Fsp3) is 0.368. The minimum absolute atomic E-state index is 1.17. The second-order valence-corrected chi connectivity index (χ2v) is 5.87. The minimum atomic E-state index is 1.17. The number of benzene rings is 2. The number of aryl methyl sites for hydroxylation is 1. The van der Waals surface area contributed by atoms with Crippen molar-refractivity contribution >= 4 is 0 Å². The fourth-order valence-corrected chi connectivity index (χ4v) is 2.95. The van der Waals surface area contributed by atoms with Gasteiger partial charge in [-0.1, -0.05) is 54.1 Å². The highest BCUT2D eigenvalue weighted by molar-refractivity contribution is 5.64. The van der Waals surface area contributed by atoms with Gasteiger partial charge in [0.2, 0.25) is 0 Å². The Morgan fingerprint density at radius 1 is 0.900 bits per heavy atom. The monoisotopic (exact) mass is 265 g/mol. The van der Waals surface area contributed by atoms with Gasteiger partial charge in [-0.15, -0.1) is 0 Å².